The number of benzene rings is 2. The predicted molar refractivity (Wildman–Crippen MR) is 111 cm³/mol. The fourth-order valence-corrected chi connectivity index (χ4v) is 4.41. The van der Waals surface area contributed by atoms with E-state index in [4.69, 9.17) is 4.74 Å². The molecule has 4 rings (SSSR count). The molecule has 2 aromatic rings. The molecule has 0 radical (unpaired) electrons. The number of hydrogen-bond acceptors (Lipinski definition) is 4. The number of nitrogens with one attached hydrogen (secondary N) is 1. The van der Waals surface area contributed by atoms with E-state index in [0.717, 1.165) is 29.0 Å². The first-order chi connectivity index (χ1) is 13.4. The zero-order valence-corrected chi connectivity index (χ0v) is 16.5. The van der Waals surface area contributed by atoms with Gasteiger partial charge in [0.1, 0.15) is 0 Å². The third kappa shape index (κ3) is 2.82. The maximum absolute atomic E-state index is 11.2. The van der Waals surface area contributed by atoms with E-state index < -0.39 is 5.72 Å². The van der Waals surface area contributed by atoms with Gasteiger partial charge in [0, 0.05) is 30.3 Å². The lowest BCUT2D eigenvalue weighted by molar-refractivity contribution is -0.114. The summed E-state index contributed by atoms with van der Waals surface area (Å²) in [5.41, 5.74) is 4.32. The van der Waals surface area contributed by atoms with Gasteiger partial charge in [-0.3, -0.25) is 4.79 Å². The van der Waals surface area contributed by atoms with Gasteiger partial charge in [-0.05, 0) is 41.0 Å². The Morgan fingerprint density at radius 1 is 1.25 bits per heavy atom. The van der Waals surface area contributed by atoms with E-state index in [1.165, 1.54) is 12.5 Å². The molecule has 0 spiro atoms. The van der Waals surface area contributed by atoms with E-state index in [2.05, 4.69) is 48.3 Å². The van der Waals surface area contributed by atoms with Gasteiger partial charge in [-0.15, -0.1) is 0 Å². The second-order valence-electron chi connectivity index (χ2n) is 7.97. The molecule has 5 heteroatoms. The zero-order valence-electron chi connectivity index (χ0n) is 16.5. The smallest absolute Gasteiger partial charge is 0.221 e. The number of carbonyl (C=O) groups is 1. The average Bonchev–Trinajstić information content (AvgIpc) is 3.18. The third-order valence-electron chi connectivity index (χ3n) is 5.88. The van der Waals surface area contributed by atoms with Crippen LogP contribution in [0.15, 0.2) is 48.5 Å². The normalized spacial score (nSPS) is 22.4. The highest BCUT2D eigenvalue weighted by molar-refractivity contribution is 5.88. The fraction of sp³-hybridized carbons (Fsp3) is 0.348. The van der Waals surface area contributed by atoms with Crippen LogP contribution in [0.4, 0.5) is 11.4 Å². The van der Waals surface area contributed by atoms with Crippen LogP contribution >= 0.6 is 0 Å². The summed E-state index contributed by atoms with van der Waals surface area (Å²) in [6.07, 6.45) is 4.22. The van der Waals surface area contributed by atoms with Crippen LogP contribution in [0.1, 0.15) is 37.5 Å². The molecule has 1 unspecified atom stereocenters. The van der Waals surface area contributed by atoms with Crippen LogP contribution in [-0.2, 0) is 21.6 Å². The summed E-state index contributed by atoms with van der Waals surface area (Å²) in [5, 5.41) is 12.3. The molecular formula is C23H26N2O3. The van der Waals surface area contributed by atoms with Gasteiger partial charge in [-0.2, -0.15) is 0 Å². The molecule has 2 aromatic carbocycles. The molecule has 1 atom stereocenters. The van der Waals surface area contributed by atoms with E-state index in [1.807, 2.05) is 30.3 Å². The summed E-state index contributed by atoms with van der Waals surface area (Å²) in [5.74, 6) is -0.0788. The van der Waals surface area contributed by atoms with Crippen LogP contribution in [0.2, 0.25) is 0 Å². The van der Waals surface area contributed by atoms with Crippen molar-refractivity contribution in [2.24, 2.45) is 0 Å². The van der Waals surface area contributed by atoms with Crippen molar-refractivity contribution in [3.63, 3.8) is 0 Å². The lowest BCUT2D eigenvalue weighted by Gasteiger charge is -2.39. The Bertz CT molecular complexity index is 933. The van der Waals surface area contributed by atoms with Gasteiger partial charge < -0.3 is 20.1 Å². The minimum Gasteiger partial charge on any atom is -0.392 e. The molecule has 0 bridgehead atoms. The average molecular weight is 378 g/mol. The molecule has 1 fully saturated rings. The van der Waals surface area contributed by atoms with E-state index >= 15 is 0 Å². The van der Waals surface area contributed by atoms with Crippen LogP contribution in [0.5, 0.6) is 0 Å². The van der Waals surface area contributed by atoms with E-state index in [1.54, 1.807) is 0 Å². The first kappa shape index (κ1) is 18.7. The number of amides is 1. The van der Waals surface area contributed by atoms with Gasteiger partial charge in [0.05, 0.1) is 13.2 Å². The number of nitrogens with zero attached hydrogens (tertiary/aromatic N) is 1. The van der Waals surface area contributed by atoms with Crippen molar-refractivity contribution in [1.29, 1.82) is 0 Å². The lowest BCUT2D eigenvalue weighted by Crippen LogP contribution is -2.51. The molecule has 28 heavy (non-hydrogen) atoms. The maximum atomic E-state index is 11.2. The molecule has 146 valence electrons. The van der Waals surface area contributed by atoms with E-state index in [-0.39, 0.29) is 17.9 Å². The number of fused-ring (bicyclic) bond motifs is 3. The quantitative estimate of drug-likeness (QED) is 0.852. The first-order valence-corrected chi connectivity index (χ1v) is 9.60. The summed E-state index contributed by atoms with van der Waals surface area (Å²) in [4.78, 5) is 13.5. The van der Waals surface area contributed by atoms with E-state index in [9.17, 15) is 9.90 Å². The fourth-order valence-electron chi connectivity index (χ4n) is 4.41. The van der Waals surface area contributed by atoms with Crippen molar-refractivity contribution in [3.05, 3.63) is 65.2 Å². The molecule has 1 saturated heterocycles. The second-order valence-corrected chi connectivity index (χ2v) is 7.97. The largest absolute Gasteiger partial charge is 0.392 e. The van der Waals surface area contributed by atoms with Crippen molar-refractivity contribution >= 4 is 23.4 Å². The molecule has 0 aromatic heterocycles. The molecule has 2 N–H and O–H groups in total. The molecular weight excluding hydrogens is 352 g/mol. The number of aliphatic hydroxyl groups is 1. The second kappa shape index (κ2) is 6.76. The van der Waals surface area contributed by atoms with Gasteiger partial charge >= 0.3 is 0 Å². The monoisotopic (exact) mass is 378 g/mol. The number of ether oxygens (including phenoxy) is 1. The Morgan fingerprint density at radius 2 is 2.00 bits per heavy atom. The number of carbonyl (C=O) groups excluding carboxylic acids is 1. The Hall–Kier alpha value is -2.63. The SMILES string of the molecule is CC(=O)Nc1ccc(C=CC23OCCN2c2cc(CO)ccc2C3(C)C)cc1. The van der Waals surface area contributed by atoms with Crippen molar-refractivity contribution in [1.82, 2.24) is 0 Å². The minimum atomic E-state index is -0.556. The van der Waals surface area contributed by atoms with Crippen LogP contribution in [-0.4, -0.2) is 29.9 Å². The highest BCUT2D eigenvalue weighted by Gasteiger charge is 2.59. The van der Waals surface area contributed by atoms with Gasteiger partial charge in [-0.1, -0.05) is 44.2 Å². The highest BCUT2D eigenvalue weighted by Crippen LogP contribution is 2.55. The molecule has 0 aliphatic carbocycles. The van der Waals surface area contributed by atoms with Crippen LogP contribution in [0.3, 0.4) is 0 Å². The third-order valence-corrected chi connectivity index (χ3v) is 5.88. The summed E-state index contributed by atoms with van der Waals surface area (Å²) < 4.78 is 6.35. The Kier molecular flexibility index (Phi) is 4.52. The highest BCUT2D eigenvalue weighted by atomic mass is 16.5. The molecule has 2 aliphatic rings. The van der Waals surface area contributed by atoms with Crippen LogP contribution in [0, 0.1) is 0 Å². The Morgan fingerprint density at radius 3 is 2.68 bits per heavy atom. The van der Waals surface area contributed by atoms with Crippen molar-refractivity contribution in [2.75, 3.05) is 23.4 Å². The Balaban J connectivity index is 1.68. The molecule has 2 aliphatic heterocycles. The first-order valence-electron chi connectivity index (χ1n) is 9.60. The summed E-state index contributed by atoms with van der Waals surface area (Å²) >= 11 is 0. The molecule has 1 amide bonds. The number of aliphatic hydroxyl groups excluding tert-OH is 1. The number of anilines is 2. The Labute approximate surface area is 165 Å². The van der Waals surface area contributed by atoms with E-state index in [0.29, 0.717) is 6.61 Å². The van der Waals surface area contributed by atoms with Crippen molar-refractivity contribution < 1.29 is 14.6 Å². The minimum absolute atomic E-state index is 0.0336. The topological polar surface area (TPSA) is 61.8 Å². The van der Waals surface area contributed by atoms with Crippen molar-refractivity contribution in [2.45, 2.75) is 38.5 Å². The van der Waals surface area contributed by atoms with Gasteiger partial charge in [0.25, 0.3) is 0 Å². The van der Waals surface area contributed by atoms with Crippen molar-refractivity contribution in [3.8, 4) is 0 Å². The standard InChI is InChI=1S/C23H26N2O3/c1-16(27)24-19-7-4-17(5-8-19)10-11-23-22(2,3)20-9-6-18(15-26)14-21(20)25(23)12-13-28-23/h4-11,14,26H,12-13,15H2,1-3H3,(H,24,27). The van der Waals surface area contributed by atoms with Gasteiger partial charge in [0.2, 0.25) is 5.91 Å². The molecule has 5 nitrogen and oxygen atoms in total. The summed E-state index contributed by atoms with van der Waals surface area (Å²) in [6, 6.07) is 13.9. The van der Waals surface area contributed by atoms with Crippen LogP contribution < -0.4 is 10.2 Å². The number of rotatable bonds is 4. The molecule has 0 saturated carbocycles. The lowest BCUT2D eigenvalue weighted by atomic mass is 9.77. The summed E-state index contributed by atoms with van der Waals surface area (Å²) in [7, 11) is 0. The summed E-state index contributed by atoms with van der Waals surface area (Å²) in [6.45, 7) is 7.43. The maximum Gasteiger partial charge on any atom is 0.221 e. The molecule has 2 heterocycles. The zero-order chi connectivity index (χ0) is 19.9. The van der Waals surface area contributed by atoms with Gasteiger partial charge in [-0.25, -0.2) is 0 Å². The number of hydrogen-bond donors (Lipinski definition) is 2. The van der Waals surface area contributed by atoms with Gasteiger partial charge in [0.15, 0.2) is 5.72 Å². The predicted octanol–water partition coefficient (Wildman–Crippen LogP) is 3.67. The van der Waals surface area contributed by atoms with Crippen LogP contribution in [0.25, 0.3) is 6.08 Å².